The Morgan fingerprint density at radius 3 is 2.46 bits per heavy atom. The molecule has 0 aliphatic heterocycles. The molecule has 3 rings (SSSR count). The molecule has 0 atom stereocenters. The smallest absolute Gasteiger partial charge is 0.338 e. The van der Waals surface area contributed by atoms with Gasteiger partial charge in [-0.3, -0.25) is 4.98 Å². The normalized spacial score (nSPS) is 10.2. The topological polar surface area (TPSA) is 63.8 Å². The molecule has 0 aliphatic carbocycles. The van der Waals surface area contributed by atoms with Crippen LogP contribution in [0.3, 0.4) is 0 Å². The van der Waals surface area contributed by atoms with Crippen LogP contribution in [0.2, 0.25) is 0 Å². The van der Waals surface area contributed by atoms with Gasteiger partial charge in [0.2, 0.25) is 0 Å². The maximum absolute atomic E-state index is 13.5. The number of benzene rings is 2. The second-order valence-corrected chi connectivity index (χ2v) is 5.43. The third-order valence-electron chi connectivity index (χ3n) is 3.90. The van der Waals surface area contributed by atoms with Crippen LogP contribution in [0.1, 0.15) is 10.4 Å². The molecule has 6 heteroatoms. The Labute approximate surface area is 149 Å². The van der Waals surface area contributed by atoms with Crippen molar-refractivity contribution in [2.24, 2.45) is 0 Å². The van der Waals surface area contributed by atoms with Gasteiger partial charge in [0, 0.05) is 0 Å². The Bertz CT molecular complexity index is 1020. The van der Waals surface area contributed by atoms with Crippen molar-refractivity contribution in [3.63, 3.8) is 0 Å². The van der Waals surface area contributed by atoms with Crippen LogP contribution in [0.4, 0.5) is 10.1 Å². The van der Waals surface area contributed by atoms with Gasteiger partial charge in [-0.1, -0.05) is 24.3 Å². The number of pyridine rings is 1. The summed E-state index contributed by atoms with van der Waals surface area (Å²) in [6, 6.07) is 13.6. The van der Waals surface area contributed by atoms with Gasteiger partial charge in [-0.05, 0) is 41.0 Å². The molecule has 0 spiro atoms. The third-order valence-corrected chi connectivity index (χ3v) is 3.90. The Morgan fingerprint density at radius 1 is 1.15 bits per heavy atom. The van der Waals surface area contributed by atoms with E-state index in [4.69, 9.17) is 16.4 Å². The number of aromatic nitrogens is 1. The molecule has 2 aromatic carbocycles. The SMILES string of the molecule is [C-]#[N+]c1cc(-c2cc(C(=O)O)c(F)cn2)ccc1-c1ccc(OC)cc1. The zero-order valence-corrected chi connectivity index (χ0v) is 13.7. The summed E-state index contributed by atoms with van der Waals surface area (Å²) >= 11 is 0. The third kappa shape index (κ3) is 3.23. The quantitative estimate of drug-likeness (QED) is 0.687. The Kier molecular flexibility index (Phi) is 4.63. The molecule has 0 saturated heterocycles. The van der Waals surface area contributed by atoms with E-state index in [1.807, 2.05) is 12.1 Å². The van der Waals surface area contributed by atoms with E-state index in [0.717, 1.165) is 23.4 Å². The van der Waals surface area contributed by atoms with Gasteiger partial charge < -0.3 is 9.84 Å². The fraction of sp³-hybridized carbons (Fsp3) is 0.0500. The first kappa shape index (κ1) is 17.1. The van der Waals surface area contributed by atoms with E-state index in [1.54, 1.807) is 37.4 Å². The molecule has 1 heterocycles. The Hall–Kier alpha value is -3.72. The van der Waals surface area contributed by atoms with Gasteiger partial charge in [0.05, 0.1) is 31.1 Å². The molecule has 0 amide bonds. The van der Waals surface area contributed by atoms with E-state index < -0.39 is 17.3 Å². The molecule has 0 aliphatic rings. The lowest BCUT2D eigenvalue weighted by Gasteiger charge is -2.09. The van der Waals surface area contributed by atoms with E-state index in [9.17, 15) is 9.18 Å². The number of carboxylic acids is 1. The molecule has 0 fully saturated rings. The number of hydrogen-bond acceptors (Lipinski definition) is 3. The number of carboxylic acid groups (broad SMARTS) is 1. The molecule has 1 aromatic heterocycles. The maximum atomic E-state index is 13.5. The number of ether oxygens (including phenoxy) is 1. The lowest BCUT2D eigenvalue weighted by atomic mass is 9.99. The van der Waals surface area contributed by atoms with Gasteiger partial charge in [0.15, 0.2) is 11.5 Å². The number of aromatic carboxylic acids is 1. The highest BCUT2D eigenvalue weighted by Crippen LogP contribution is 2.35. The highest BCUT2D eigenvalue weighted by Gasteiger charge is 2.14. The second kappa shape index (κ2) is 7.03. The van der Waals surface area contributed by atoms with E-state index in [2.05, 4.69) is 9.83 Å². The molecule has 1 N–H and O–H groups in total. The molecule has 0 unspecified atom stereocenters. The summed E-state index contributed by atoms with van der Waals surface area (Å²) in [5, 5.41) is 9.05. The van der Waals surface area contributed by atoms with Gasteiger partial charge in [-0.2, -0.15) is 0 Å². The fourth-order valence-electron chi connectivity index (χ4n) is 2.56. The van der Waals surface area contributed by atoms with Crippen molar-refractivity contribution in [2.75, 3.05) is 7.11 Å². The standard InChI is InChI=1S/C20H13FN2O3/c1-22-19-9-13(18-10-16(20(24)25)17(21)11-23-18)5-8-15(19)12-3-6-14(26-2)7-4-12/h3-11H,2H3,(H,24,25). The van der Waals surface area contributed by atoms with Crippen LogP contribution in [0.5, 0.6) is 5.75 Å². The first-order valence-corrected chi connectivity index (χ1v) is 7.58. The summed E-state index contributed by atoms with van der Waals surface area (Å²) in [6.45, 7) is 7.44. The van der Waals surface area contributed by atoms with Gasteiger partial charge in [0.1, 0.15) is 5.75 Å². The Morgan fingerprint density at radius 2 is 1.85 bits per heavy atom. The fourth-order valence-corrected chi connectivity index (χ4v) is 2.56. The molecule has 26 heavy (non-hydrogen) atoms. The summed E-state index contributed by atoms with van der Waals surface area (Å²) in [5.41, 5.74) is 2.33. The summed E-state index contributed by atoms with van der Waals surface area (Å²) in [5.74, 6) is -1.56. The highest BCUT2D eigenvalue weighted by atomic mass is 19.1. The van der Waals surface area contributed by atoms with E-state index >= 15 is 0 Å². The van der Waals surface area contributed by atoms with Gasteiger partial charge in [-0.25, -0.2) is 14.0 Å². The van der Waals surface area contributed by atoms with Gasteiger partial charge >= 0.3 is 5.97 Å². The van der Waals surface area contributed by atoms with Gasteiger partial charge in [0.25, 0.3) is 0 Å². The van der Waals surface area contributed by atoms with E-state index in [0.29, 0.717) is 17.0 Å². The van der Waals surface area contributed by atoms with Crippen LogP contribution in [0, 0.1) is 12.4 Å². The van der Waals surface area contributed by atoms with Crippen molar-refractivity contribution in [2.45, 2.75) is 0 Å². The lowest BCUT2D eigenvalue weighted by molar-refractivity contribution is 0.0691. The van der Waals surface area contributed by atoms with Crippen molar-refractivity contribution in [1.29, 1.82) is 0 Å². The van der Waals surface area contributed by atoms with Gasteiger partial charge in [-0.15, -0.1) is 0 Å². The van der Waals surface area contributed by atoms with Crippen molar-refractivity contribution in [3.05, 3.63) is 77.5 Å². The van der Waals surface area contributed by atoms with Crippen LogP contribution in [-0.4, -0.2) is 23.2 Å². The minimum Gasteiger partial charge on any atom is -0.497 e. The van der Waals surface area contributed by atoms with Crippen LogP contribution in [-0.2, 0) is 0 Å². The average molecular weight is 348 g/mol. The lowest BCUT2D eigenvalue weighted by Crippen LogP contribution is -2.02. The summed E-state index contributed by atoms with van der Waals surface area (Å²) in [4.78, 5) is 18.6. The molecule has 0 radical (unpaired) electrons. The van der Waals surface area contributed by atoms with Crippen LogP contribution >= 0.6 is 0 Å². The number of methoxy groups -OCH3 is 1. The maximum Gasteiger partial charge on any atom is 0.338 e. The van der Waals surface area contributed by atoms with Crippen LogP contribution in [0.25, 0.3) is 27.2 Å². The number of halogens is 1. The van der Waals surface area contributed by atoms with Crippen LogP contribution in [0.15, 0.2) is 54.7 Å². The first-order chi connectivity index (χ1) is 12.5. The number of hydrogen-bond donors (Lipinski definition) is 1. The molecular weight excluding hydrogens is 335 g/mol. The minimum atomic E-state index is -1.37. The van der Waals surface area contributed by atoms with E-state index in [1.165, 1.54) is 0 Å². The average Bonchev–Trinajstić information content (AvgIpc) is 2.67. The van der Waals surface area contributed by atoms with Crippen molar-refractivity contribution in [1.82, 2.24) is 4.98 Å². The molecular formula is C20H13FN2O3. The van der Waals surface area contributed by atoms with Crippen molar-refractivity contribution in [3.8, 4) is 28.1 Å². The van der Waals surface area contributed by atoms with E-state index in [-0.39, 0.29) is 5.69 Å². The number of nitrogens with zero attached hydrogens (tertiary/aromatic N) is 2. The molecule has 128 valence electrons. The highest BCUT2D eigenvalue weighted by molar-refractivity contribution is 5.90. The number of rotatable bonds is 4. The molecule has 5 nitrogen and oxygen atoms in total. The van der Waals surface area contributed by atoms with Crippen LogP contribution < -0.4 is 4.74 Å². The largest absolute Gasteiger partial charge is 0.497 e. The summed E-state index contributed by atoms with van der Waals surface area (Å²) in [7, 11) is 1.58. The molecule has 3 aromatic rings. The second-order valence-electron chi connectivity index (χ2n) is 5.43. The number of carbonyl (C=O) groups is 1. The molecule has 0 bridgehead atoms. The zero-order valence-electron chi connectivity index (χ0n) is 13.7. The summed E-state index contributed by atoms with van der Waals surface area (Å²) in [6.07, 6.45) is 0.869. The first-order valence-electron chi connectivity index (χ1n) is 7.58. The summed E-state index contributed by atoms with van der Waals surface area (Å²) < 4.78 is 18.7. The minimum absolute atomic E-state index is 0.287. The monoisotopic (exact) mass is 348 g/mol. The predicted molar refractivity (Wildman–Crippen MR) is 94.8 cm³/mol. The van der Waals surface area contributed by atoms with Crippen molar-refractivity contribution >= 4 is 11.7 Å². The Balaban J connectivity index is 2.05. The molecule has 0 saturated carbocycles. The zero-order chi connectivity index (χ0) is 18.7. The predicted octanol–water partition coefficient (Wildman–Crippen LogP) is 4.81. The van der Waals surface area contributed by atoms with Crippen molar-refractivity contribution < 1.29 is 19.0 Å².